The number of hydrogen-bond acceptors (Lipinski definition) is 3. The second-order valence-corrected chi connectivity index (χ2v) is 7.28. The molecule has 0 spiro atoms. The summed E-state index contributed by atoms with van der Waals surface area (Å²) in [6.45, 7) is 3.86. The average molecular weight is 325 g/mol. The van der Waals surface area contributed by atoms with Crippen LogP contribution in [0.15, 0.2) is 47.2 Å². The van der Waals surface area contributed by atoms with Crippen LogP contribution < -0.4 is 9.64 Å². The lowest BCUT2D eigenvalue weighted by molar-refractivity contribution is 0.132. The number of anilines is 1. The zero-order valence-corrected chi connectivity index (χ0v) is 14.8. The van der Waals surface area contributed by atoms with E-state index in [1.54, 1.807) is 18.3 Å². The predicted molar refractivity (Wildman–Crippen MR) is 97.1 cm³/mol. The van der Waals surface area contributed by atoms with Crippen LogP contribution in [0.25, 0.3) is 0 Å². The van der Waals surface area contributed by atoms with Crippen LogP contribution in [0.2, 0.25) is 0 Å². The highest BCUT2D eigenvalue weighted by Gasteiger charge is 2.33. The predicted octanol–water partition coefficient (Wildman–Crippen LogP) is 4.90. The van der Waals surface area contributed by atoms with Gasteiger partial charge in [0.1, 0.15) is 12.5 Å². The lowest BCUT2D eigenvalue weighted by Crippen LogP contribution is -2.30. The fourth-order valence-corrected chi connectivity index (χ4v) is 4.04. The average Bonchev–Trinajstić information content (AvgIpc) is 3.41. The summed E-state index contributed by atoms with van der Waals surface area (Å²) in [5, 5.41) is 0. The third-order valence-electron chi connectivity index (χ3n) is 5.48. The number of ether oxygens (including phenoxy) is 2. The number of methoxy groups -OCH3 is 1. The first-order valence-corrected chi connectivity index (χ1v) is 9.19. The smallest absolute Gasteiger partial charge is 0.123 e. The van der Waals surface area contributed by atoms with Crippen LogP contribution in [-0.4, -0.2) is 20.4 Å². The molecular weight excluding hydrogens is 298 g/mol. The van der Waals surface area contributed by atoms with Gasteiger partial charge < -0.3 is 14.4 Å². The maximum atomic E-state index is 5.92. The quantitative estimate of drug-likeness (QED) is 0.789. The summed E-state index contributed by atoms with van der Waals surface area (Å²) < 4.78 is 11.3. The minimum Gasteiger partial charge on any atom is -0.497 e. The van der Waals surface area contributed by atoms with Crippen LogP contribution in [0.1, 0.15) is 39.0 Å². The molecule has 1 atom stereocenters. The van der Waals surface area contributed by atoms with Gasteiger partial charge in [-0.2, -0.15) is 0 Å². The van der Waals surface area contributed by atoms with Gasteiger partial charge in [0.05, 0.1) is 7.11 Å². The van der Waals surface area contributed by atoms with Gasteiger partial charge in [-0.3, -0.25) is 0 Å². The molecule has 24 heavy (non-hydrogen) atoms. The second-order valence-electron chi connectivity index (χ2n) is 7.28. The highest BCUT2D eigenvalue weighted by molar-refractivity contribution is 5.59. The summed E-state index contributed by atoms with van der Waals surface area (Å²) in [4.78, 5) is 2.34. The number of benzene rings is 1. The molecule has 3 heteroatoms. The van der Waals surface area contributed by atoms with Gasteiger partial charge in [-0.25, -0.2) is 0 Å². The summed E-state index contributed by atoms with van der Waals surface area (Å²) in [7, 11) is 1.72. The van der Waals surface area contributed by atoms with Gasteiger partial charge in [0.15, 0.2) is 0 Å². The van der Waals surface area contributed by atoms with Crippen molar-refractivity contribution in [3.63, 3.8) is 0 Å². The summed E-state index contributed by atoms with van der Waals surface area (Å²) >= 11 is 0. The Morgan fingerprint density at radius 3 is 2.92 bits per heavy atom. The Morgan fingerprint density at radius 2 is 2.12 bits per heavy atom. The van der Waals surface area contributed by atoms with Crippen molar-refractivity contribution in [3.8, 4) is 5.75 Å². The van der Waals surface area contributed by atoms with E-state index in [1.165, 1.54) is 25.0 Å². The van der Waals surface area contributed by atoms with Crippen LogP contribution in [0.3, 0.4) is 0 Å². The van der Waals surface area contributed by atoms with E-state index in [0.717, 1.165) is 36.8 Å². The van der Waals surface area contributed by atoms with Crippen molar-refractivity contribution in [3.05, 3.63) is 47.2 Å². The molecule has 1 saturated carbocycles. The third-order valence-corrected chi connectivity index (χ3v) is 5.48. The largest absolute Gasteiger partial charge is 0.497 e. The Kier molecular flexibility index (Phi) is 4.36. The van der Waals surface area contributed by atoms with Crippen LogP contribution in [0.4, 0.5) is 5.69 Å². The third kappa shape index (κ3) is 3.10. The maximum Gasteiger partial charge on any atom is 0.123 e. The lowest BCUT2D eigenvalue weighted by atomic mass is 9.82. The Balaban J connectivity index is 1.75. The molecule has 0 N–H and O–H groups in total. The van der Waals surface area contributed by atoms with Gasteiger partial charge in [0.2, 0.25) is 0 Å². The van der Waals surface area contributed by atoms with Gasteiger partial charge in [-0.15, -0.1) is 0 Å². The Hall–Kier alpha value is -1.74. The molecule has 3 nitrogen and oxygen atoms in total. The molecule has 0 bridgehead atoms. The molecule has 0 radical (unpaired) electrons. The summed E-state index contributed by atoms with van der Waals surface area (Å²) in [6, 6.07) is 8.32. The maximum absolute atomic E-state index is 5.92. The van der Waals surface area contributed by atoms with E-state index in [0.29, 0.717) is 12.6 Å². The molecular formula is C21H27NO2. The van der Waals surface area contributed by atoms with E-state index in [2.05, 4.69) is 36.1 Å². The summed E-state index contributed by atoms with van der Waals surface area (Å²) in [5.41, 5.74) is 5.79. The summed E-state index contributed by atoms with van der Waals surface area (Å²) in [5.74, 6) is 2.42. The van der Waals surface area contributed by atoms with Gasteiger partial charge in [-0.1, -0.05) is 18.6 Å². The van der Waals surface area contributed by atoms with Gasteiger partial charge in [0.25, 0.3) is 0 Å². The molecule has 1 aromatic carbocycles. The Labute approximate surface area is 144 Å². The van der Waals surface area contributed by atoms with E-state index < -0.39 is 0 Å². The molecule has 1 unspecified atom stereocenters. The van der Waals surface area contributed by atoms with E-state index >= 15 is 0 Å². The van der Waals surface area contributed by atoms with E-state index in [9.17, 15) is 0 Å². The molecule has 1 fully saturated rings. The SMILES string of the molecule is COc1cccc(N2COCCCC3=C2C=C(C2CC2)C(C)C3)c1. The van der Waals surface area contributed by atoms with Crippen LogP contribution in [0, 0.1) is 11.8 Å². The van der Waals surface area contributed by atoms with Crippen LogP contribution >= 0.6 is 0 Å². The molecule has 1 heterocycles. The van der Waals surface area contributed by atoms with Crippen molar-refractivity contribution < 1.29 is 9.47 Å². The Morgan fingerprint density at radius 1 is 1.25 bits per heavy atom. The number of allylic oxidation sites excluding steroid dienone is 3. The van der Waals surface area contributed by atoms with Gasteiger partial charge >= 0.3 is 0 Å². The lowest BCUT2D eigenvalue weighted by Gasteiger charge is -2.35. The van der Waals surface area contributed by atoms with E-state index in [1.807, 2.05) is 6.07 Å². The van der Waals surface area contributed by atoms with Crippen LogP contribution in [-0.2, 0) is 4.74 Å². The number of rotatable bonds is 3. The molecule has 0 amide bonds. The molecule has 0 aromatic heterocycles. The topological polar surface area (TPSA) is 21.7 Å². The van der Waals surface area contributed by atoms with Gasteiger partial charge in [-0.05, 0) is 67.7 Å². The first-order valence-electron chi connectivity index (χ1n) is 9.19. The molecule has 1 aliphatic heterocycles. The van der Waals surface area contributed by atoms with E-state index in [4.69, 9.17) is 9.47 Å². The van der Waals surface area contributed by atoms with Crippen LogP contribution in [0.5, 0.6) is 5.75 Å². The fourth-order valence-electron chi connectivity index (χ4n) is 4.04. The molecule has 2 aliphatic carbocycles. The number of nitrogens with zero attached hydrogens (tertiary/aromatic N) is 1. The normalized spacial score (nSPS) is 24.8. The van der Waals surface area contributed by atoms with E-state index in [-0.39, 0.29) is 0 Å². The van der Waals surface area contributed by atoms with Crippen molar-refractivity contribution >= 4 is 5.69 Å². The first kappa shape index (κ1) is 15.8. The zero-order valence-electron chi connectivity index (χ0n) is 14.8. The fraction of sp³-hybridized carbons (Fsp3) is 0.524. The monoisotopic (exact) mass is 325 g/mol. The first-order chi connectivity index (χ1) is 11.8. The van der Waals surface area contributed by atoms with Crippen molar-refractivity contribution in [1.82, 2.24) is 0 Å². The minimum atomic E-state index is 0.620. The highest BCUT2D eigenvalue weighted by Crippen LogP contribution is 2.46. The van der Waals surface area contributed by atoms with Crippen molar-refractivity contribution in [2.24, 2.45) is 11.8 Å². The number of hydrogen-bond donors (Lipinski definition) is 0. The van der Waals surface area contributed by atoms with Crippen molar-refractivity contribution in [2.75, 3.05) is 25.3 Å². The Bertz CT molecular complexity index is 672. The standard InChI is InChI=1S/C21H27NO2/c1-15-11-17-5-4-10-24-14-22(18-6-3-7-19(12-18)23-2)21(17)13-20(15)16-8-9-16/h3,6-7,12-13,15-16H,4-5,8-11,14H2,1-2H3. The zero-order chi connectivity index (χ0) is 16.5. The van der Waals surface area contributed by atoms with Crippen molar-refractivity contribution in [2.45, 2.75) is 39.0 Å². The highest BCUT2D eigenvalue weighted by atomic mass is 16.5. The minimum absolute atomic E-state index is 0.620. The molecule has 128 valence electrons. The molecule has 0 saturated heterocycles. The summed E-state index contributed by atoms with van der Waals surface area (Å²) in [6.07, 6.45) is 8.70. The van der Waals surface area contributed by atoms with Gasteiger partial charge in [0, 0.05) is 24.1 Å². The van der Waals surface area contributed by atoms with Crippen molar-refractivity contribution in [1.29, 1.82) is 0 Å². The molecule has 1 aromatic rings. The molecule has 3 aliphatic rings. The molecule has 4 rings (SSSR count). The second kappa shape index (κ2) is 6.64.